The van der Waals surface area contributed by atoms with E-state index in [2.05, 4.69) is 5.32 Å². The largest absolute Gasteiger partial charge is 0.497 e. The van der Waals surface area contributed by atoms with E-state index in [4.69, 9.17) is 13.9 Å². The molecular formula is C27H30N2O5. The Morgan fingerprint density at radius 3 is 2.38 bits per heavy atom. The first-order valence-electron chi connectivity index (χ1n) is 11.5. The summed E-state index contributed by atoms with van der Waals surface area (Å²) in [4.78, 5) is 29.1. The number of amides is 2. The van der Waals surface area contributed by atoms with Crippen LogP contribution >= 0.6 is 0 Å². The third kappa shape index (κ3) is 4.93. The molecule has 0 radical (unpaired) electrons. The Labute approximate surface area is 199 Å². The van der Waals surface area contributed by atoms with E-state index in [0.717, 1.165) is 31.2 Å². The number of hydrogen-bond acceptors (Lipinski definition) is 5. The summed E-state index contributed by atoms with van der Waals surface area (Å²) in [6.07, 6.45) is 5.47. The van der Waals surface area contributed by atoms with E-state index < -0.39 is 11.9 Å². The second-order valence-electron chi connectivity index (χ2n) is 8.49. The van der Waals surface area contributed by atoms with E-state index in [1.807, 2.05) is 31.2 Å². The number of furan rings is 1. The molecule has 0 aliphatic heterocycles. The zero-order valence-corrected chi connectivity index (χ0v) is 19.7. The number of carbonyl (C=O) groups is 2. The number of carbonyl (C=O) groups excluding carboxylic acids is 2. The molecule has 7 nitrogen and oxygen atoms in total. The van der Waals surface area contributed by atoms with Crippen LogP contribution in [0, 0.1) is 6.92 Å². The van der Waals surface area contributed by atoms with E-state index in [9.17, 15) is 9.59 Å². The molecule has 4 rings (SSSR count). The Kier molecular flexibility index (Phi) is 7.21. The van der Waals surface area contributed by atoms with Gasteiger partial charge in [-0.2, -0.15) is 0 Å². The number of methoxy groups -OCH3 is 2. The van der Waals surface area contributed by atoms with E-state index in [1.54, 1.807) is 44.6 Å². The molecule has 2 aromatic carbocycles. The highest BCUT2D eigenvalue weighted by molar-refractivity contribution is 6.09. The molecule has 1 atom stereocenters. The van der Waals surface area contributed by atoms with Crippen molar-refractivity contribution in [3.8, 4) is 11.5 Å². The number of aryl methyl sites for hydroxylation is 1. The van der Waals surface area contributed by atoms with Crippen molar-refractivity contribution in [2.75, 3.05) is 19.1 Å². The summed E-state index contributed by atoms with van der Waals surface area (Å²) >= 11 is 0. The fourth-order valence-electron chi connectivity index (χ4n) is 4.43. The molecule has 0 saturated heterocycles. The molecule has 2 amide bonds. The zero-order valence-electron chi connectivity index (χ0n) is 19.7. The molecule has 1 fully saturated rings. The van der Waals surface area contributed by atoms with Gasteiger partial charge in [0.1, 0.15) is 17.5 Å². The summed E-state index contributed by atoms with van der Waals surface area (Å²) in [7, 11) is 3.13. The molecule has 1 saturated carbocycles. The molecule has 7 heteroatoms. The fraction of sp³-hybridized carbons (Fsp3) is 0.333. The first kappa shape index (κ1) is 23.4. The normalized spacial score (nSPS) is 14.4. The minimum atomic E-state index is -0.945. The molecule has 1 aliphatic carbocycles. The molecule has 1 unspecified atom stereocenters. The number of benzene rings is 2. The third-order valence-corrected chi connectivity index (χ3v) is 6.18. The smallest absolute Gasteiger partial charge is 0.295 e. The quantitative estimate of drug-likeness (QED) is 0.507. The highest BCUT2D eigenvalue weighted by atomic mass is 16.5. The number of nitrogens with one attached hydrogen (secondary N) is 1. The second-order valence-corrected chi connectivity index (χ2v) is 8.49. The Morgan fingerprint density at radius 1 is 1.03 bits per heavy atom. The molecule has 1 heterocycles. The minimum absolute atomic E-state index is 0.0909. The second kappa shape index (κ2) is 10.5. The summed E-state index contributed by atoms with van der Waals surface area (Å²) < 4.78 is 16.4. The van der Waals surface area contributed by atoms with Crippen LogP contribution in [0.4, 0.5) is 5.69 Å². The van der Waals surface area contributed by atoms with Gasteiger partial charge in [-0.15, -0.1) is 0 Å². The van der Waals surface area contributed by atoms with Crippen LogP contribution in [0.2, 0.25) is 0 Å². The topological polar surface area (TPSA) is 81.0 Å². The lowest BCUT2D eigenvalue weighted by Gasteiger charge is -2.33. The lowest BCUT2D eigenvalue weighted by atomic mass is 10.0. The number of nitrogens with zero attached hydrogens (tertiary/aromatic N) is 1. The van der Waals surface area contributed by atoms with Gasteiger partial charge in [0, 0.05) is 6.04 Å². The maximum Gasteiger partial charge on any atom is 0.295 e. The Balaban J connectivity index is 1.86. The predicted octanol–water partition coefficient (Wildman–Crippen LogP) is 5.05. The third-order valence-electron chi connectivity index (χ3n) is 6.18. The summed E-state index contributed by atoms with van der Waals surface area (Å²) in [6.45, 7) is 1.93. The maximum atomic E-state index is 13.8. The minimum Gasteiger partial charge on any atom is -0.497 e. The number of rotatable bonds is 8. The van der Waals surface area contributed by atoms with Crippen molar-refractivity contribution < 1.29 is 23.5 Å². The summed E-state index contributed by atoms with van der Waals surface area (Å²) in [5.41, 5.74) is 2.07. The van der Waals surface area contributed by atoms with Gasteiger partial charge >= 0.3 is 0 Å². The van der Waals surface area contributed by atoms with E-state index in [1.165, 1.54) is 11.2 Å². The number of hydrogen-bond donors (Lipinski definition) is 1. The van der Waals surface area contributed by atoms with Crippen LogP contribution in [0.5, 0.6) is 11.5 Å². The SMILES string of the molecule is COc1ccc(C(C(=O)NC2CCCC2)N(C(=O)c2ccco2)c2cc(C)ccc2OC)cc1. The standard InChI is InChI=1S/C27H30N2O5/c1-18-10-15-23(33-3)22(17-18)29(27(31)24-9-6-16-34-24)25(19-11-13-21(32-2)14-12-19)26(30)28-20-7-4-5-8-20/h6,9-17,20,25H,4-5,7-8H2,1-3H3,(H,28,30). The van der Waals surface area contributed by atoms with Crippen molar-refractivity contribution in [2.24, 2.45) is 0 Å². The average molecular weight is 463 g/mol. The van der Waals surface area contributed by atoms with Crippen molar-refractivity contribution >= 4 is 17.5 Å². The highest BCUT2D eigenvalue weighted by Gasteiger charge is 2.37. The van der Waals surface area contributed by atoms with Gasteiger partial charge in [0.2, 0.25) is 5.91 Å². The maximum absolute atomic E-state index is 13.8. The van der Waals surface area contributed by atoms with Gasteiger partial charge in [0.25, 0.3) is 5.91 Å². The fourth-order valence-corrected chi connectivity index (χ4v) is 4.43. The lowest BCUT2D eigenvalue weighted by molar-refractivity contribution is -0.123. The van der Waals surface area contributed by atoms with Crippen molar-refractivity contribution in [3.05, 3.63) is 77.7 Å². The van der Waals surface area contributed by atoms with Gasteiger partial charge in [-0.05, 0) is 67.3 Å². The molecule has 0 spiro atoms. The van der Waals surface area contributed by atoms with Crippen LogP contribution in [0.15, 0.2) is 65.3 Å². The molecule has 34 heavy (non-hydrogen) atoms. The van der Waals surface area contributed by atoms with E-state index in [-0.39, 0.29) is 17.7 Å². The Bertz CT molecular complexity index is 1120. The predicted molar refractivity (Wildman–Crippen MR) is 129 cm³/mol. The molecule has 1 aliphatic rings. The monoisotopic (exact) mass is 462 g/mol. The molecule has 178 valence electrons. The van der Waals surface area contributed by atoms with Gasteiger partial charge in [-0.1, -0.05) is 31.0 Å². The lowest BCUT2D eigenvalue weighted by Crippen LogP contribution is -2.46. The van der Waals surface area contributed by atoms with Gasteiger partial charge in [0.05, 0.1) is 26.2 Å². The van der Waals surface area contributed by atoms with Gasteiger partial charge < -0.3 is 19.2 Å². The van der Waals surface area contributed by atoms with Gasteiger partial charge in [-0.3, -0.25) is 14.5 Å². The van der Waals surface area contributed by atoms with Crippen molar-refractivity contribution in [2.45, 2.75) is 44.7 Å². The van der Waals surface area contributed by atoms with Crippen LogP contribution < -0.4 is 19.7 Å². The van der Waals surface area contributed by atoms with Crippen LogP contribution in [0.3, 0.4) is 0 Å². The summed E-state index contributed by atoms with van der Waals surface area (Å²) in [5, 5.41) is 3.17. The molecule has 0 bridgehead atoms. The Morgan fingerprint density at radius 2 is 1.76 bits per heavy atom. The van der Waals surface area contributed by atoms with Crippen LogP contribution in [-0.2, 0) is 4.79 Å². The van der Waals surface area contributed by atoms with Crippen molar-refractivity contribution in [3.63, 3.8) is 0 Å². The molecule has 3 aromatic rings. The first-order chi connectivity index (χ1) is 16.5. The number of anilines is 1. The zero-order chi connectivity index (χ0) is 24.1. The molecule has 1 aromatic heterocycles. The van der Waals surface area contributed by atoms with E-state index >= 15 is 0 Å². The summed E-state index contributed by atoms with van der Waals surface area (Å²) in [6, 6.07) is 15.1. The first-order valence-corrected chi connectivity index (χ1v) is 11.5. The molecular weight excluding hydrogens is 432 g/mol. The number of ether oxygens (including phenoxy) is 2. The van der Waals surface area contributed by atoms with E-state index in [0.29, 0.717) is 22.7 Å². The molecule has 1 N–H and O–H groups in total. The Hall–Kier alpha value is -3.74. The van der Waals surface area contributed by atoms with Crippen molar-refractivity contribution in [1.29, 1.82) is 0 Å². The van der Waals surface area contributed by atoms with Crippen LogP contribution in [0.1, 0.15) is 53.4 Å². The van der Waals surface area contributed by atoms with Crippen molar-refractivity contribution in [1.82, 2.24) is 5.32 Å². The van der Waals surface area contributed by atoms with Crippen LogP contribution in [-0.4, -0.2) is 32.1 Å². The highest BCUT2D eigenvalue weighted by Crippen LogP contribution is 2.37. The summed E-state index contributed by atoms with van der Waals surface area (Å²) in [5.74, 6) is 0.598. The van der Waals surface area contributed by atoms with Crippen LogP contribution in [0.25, 0.3) is 0 Å². The van der Waals surface area contributed by atoms with Gasteiger partial charge in [-0.25, -0.2) is 0 Å². The van der Waals surface area contributed by atoms with Gasteiger partial charge in [0.15, 0.2) is 5.76 Å². The average Bonchev–Trinajstić information content (AvgIpc) is 3.57.